The number of hydrogen-bond acceptors (Lipinski definition) is 3. The quantitative estimate of drug-likeness (QED) is 0.913. The number of aromatic amines is 1. The summed E-state index contributed by atoms with van der Waals surface area (Å²) in [6, 6.07) is 9.71. The highest BCUT2D eigenvalue weighted by molar-refractivity contribution is 5.67. The van der Waals surface area contributed by atoms with Crippen LogP contribution in [0.5, 0.6) is 0 Å². The van der Waals surface area contributed by atoms with Crippen molar-refractivity contribution in [2.75, 3.05) is 6.54 Å². The van der Waals surface area contributed by atoms with E-state index >= 15 is 0 Å². The van der Waals surface area contributed by atoms with E-state index in [2.05, 4.69) is 9.97 Å². The van der Waals surface area contributed by atoms with Crippen molar-refractivity contribution in [2.24, 2.45) is 0 Å². The first kappa shape index (κ1) is 12.7. The van der Waals surface area contributed by atoms with Gasteiger partial charge in [0, 0.05) is 6.54 Å². The molecule has 0 bridgehead atoms. The number of rotatable bonds is 2. The Balaban J connectivity index is 1.60. The largest absolute Gasteiger partial charge is 0.445 e. The van der Waals surface area contributed by atoms with E-state index in [1.807, 2.05) is 30.3 Å². The minimum absolute atomic E-state index is 0.267. The first-order valence-electron chi connectivity index (χ1n) is 6.79. The van der Waals surface area contributed by atoms with Gasteiger partial charge in [-0.25, -0.2) is 9.78 Å². The van der Waals surface area contributed by atoms with Crippen molar-refractivity contribution in [3.8, 4) is 0 Å². The van der Waals surface area contributed by atoms with E-state index in [9.17, 15) is 4.79 Å². The van der Waals surface area contributed by atoms with Crippen molar-refractivity contribution in [3.63, 3.8) is 0 Å². The van der Waals surface area contributed by atoms with Crippen molar-refractivity contribution in [1.82, 2.24) is 14.9 Å². The topological polar surface area (TPSA) is 58.2 Å². The molecule has 3 rings (SSSR count). The number of ether oxygens (including phenoxy) is 1. The smallest absolute Gasteiger partial charge is 0.410 e. The Morgan fingerprint density at radius 2 is 2.20 bits per heavy atom. The summed E-state index contributed by atoms with van der Waals surface area (Å²) < 4.78 is 5.37. The summed E-state index contributed by atoms with van der Waals surface area (Å²) in [6.07, 6.45) is 3.24. The lowest BCUT2D eigenvalue weighted by Crippen LogP contribution is -2.31. The minimum Gasteiger partial charge on any atom is -0.445 e. The molecule has 0 aliphatic carbocycles. The number of carbonyl (C=O) groups is 1. The molecule has 0 radical (unpaired) electrons. The summed E-state index contributed by atoms with van der Waals surface area (Å²) in [5.41, 5.74) is 3.07. The lowest BCUT2D eigenvalue weighted by Gasteiger charge is -2.19. The van der Waals surface area contributed by atoms with Gasteiger partial charge in [0.1, 0.15) is 6.61 Å². The number of aromatic nitrogens is 2. The Morgan fingerprint density at radius 1 is 1.35 bits per heavy atom. The van der Waals surface area contributed by atoms with E-state index in [1.165, 1.54) is 0 Å². The fraction of sp³-hybridized carbons (Fsp3) is 0.333. The van der Waals surface area contributed by atoms with Crippen LogP contribution in [0.3, 0.4) is 0 Å². The molecule has 0 fully saturated rings. The first-order chi connectivity index (χ1) is 9.83. The van der Waals surface area contributed by atoms with Crippen LogP contribution in [0.1, 0.15) is 23.4 Å². The first-order valence-corrected chi connectivity index (χ1v) is 6.79. The number of amides is 1. The van der Waals surface area contributed by atoms with Crippen LogP contribution in [0, 0.1) is 0 Å². The highest BCUT2D eigenvalue weighted by Crippen LogP contribution is 2.16. The number of carbonyl (C=O) groups excluding carboxylic acids is 1. The Morgan fingerprint density at radius 3 is 3.05 bits per heavy atom. The number of imidazole rings is 1. The predicted octanol–water partition coefficient (Wildman–Crippen LogP) is 2.49. The molecule has 0 atom stereocenters. The number of H-pyrrole nitrogens is 1. The molecule has 0 saturated carbocycles. The molecule has 0 spiro atoms. The summed E-state index contributed by atoms with van der Waals surface area (Å²) in [5.74, 6) is 0. The fourth-order valence-electron chi connectivity index (χ4n) is 2.38. The van der Waals surface area contributed by atoms with E-state index in [-0.39, 0.29) is 6.09 Å². The fourth-order valence-corrected chi connectivity index (χ4v) is 2.38. The van der Waals surface area contributed by atoms with Crippen LogP contribution in [-0.4, -0.2) is 27.5 Å². The average molecular weight is 271 g/mol. The van der Waals surface area contributed by atoms with E-state index < -0.39 is 0 Å². The summed E-state index contributed by atoms with van der Waals surface area (Å²) in [4.78, 5) is 21.2. The van der Waals surface area contributed by atoms with Gasteiger partial charge in [-0.15, -0.1) is 0 Å². The molecule has 1 amide bonds. The van der Waals surface area contributed by atoms with Gasteiger partial charge in [0.25, 0.3) is 0 Å². The highest BCUT2D eigenvalue weighted by Gasteiger charge is 2.21. The third-order valence-corrected chi connectivity index (χ3v) is 3.46. The molecule has 5 heteroatoms. The second-order valence-electron chi connectivity index (χ2n) is 4.89. The summed E-state index contributed by atoms with van der Waals surface area (Å²) >= 11 is 0. The number of fused-ring (bicyclic) bond motifs is 1. The van der Waals surface area contributed by atoms with Crippen LogP contribution in [0.25, 0.3) is 0 Å². The van der Waals surface area contributed by atoms with E-state index in [1.54, 1.807) is 11.2 Å². The Labute approximate surface area is 117 Å². The molecular formula is C15H17N3O2. The van der Waals surface area contributed by atoms with Crippen molar-refractivity contribution in [3.05, 3.63) is 53.6 Å². The van der Waals surface area contributed by atoms with Crippen LogP contribution in [0.4, 0.5) is 4.79 Å². The molecule has 2 heterocycles. The van der Waals surface area contributed by atoms with Crippen molar-refractivity contribution >= 4 is 6.09 Å². The lowest BCUT2D eigenvalue weighted by molar-refractivity contribution is 0.0938. The second kappa shape index (κ2) is 5.77. The standard InChI is InChI=1S/C15H17N3O2/c19-15(20-10-12-5-2-1-3-6-12)18-8-4-7-13-14(9-18)17-11-16-13/h1-3,5-6,11H,4,7-10H2,(H,16,17). The zero-order valence-electron chi connectivity index (χ0n) is 11.2. The van der Waals surface area contributed by atoms with E-state index in [4.69, 9.17) is 4.74 Å². The van der Waals surface area contributed by atoms with Crippen molar-refractivity contribution in [1.29, 1.82) is 0 Å². The summed E-state index contributed by atoms with van der Waals surface area (Å²) in [6.45, 7) is 1.56. The molecule has 1 aliphatic heterocycles. The molecule has 2 aromatic rings. The Bertz CT molecular complexity index is 580. The van der Waals surface area contributed by atoms with Crippen molar-refractivity contribution in [2.45, 2.75) is 26.0 Å². The number of nitrogens with zero attached hydrogens (tertiary/aromatic N) is 2. The highest BCUT2D eigenvalue weighted by atomic mass is 16.6. The van der Waals surface area contributed by atoms with Crippen LogP contribution in [0.2, 0.25) is 0 Å². The lowest BCUT2D eigenvalue weighted by atomic mass is 10.2. The van der Waals surface area contributed by atoms with Gasteiger partial charge in [0.15, 0.2) is 0 Å². The van der Waals surface area contributed by atoms with Crippen LogP contribution >= 0.6 is 0 Å². The van der Waals surface area contributed by atoms with Gasteiger partial charge < -0.3 is 14.6 Å². The maximum absolute atomic E-state index is 12.1. The maximum atomic E-state index is 12.1. The summed E-state index contributed by atoms with van der Waals surface area (Å²) in [5, 5.41) is 0. The molecule has 0 unspecified atom stereocenters. The predicted molar refractivity (Wildman–Crippen MR) is 73.9 cm³/mol. The zero-order chi connectivity index (χ0) is 13.8. The van der Waals surface area contributed by atoms with E-state index in [0.29, 0.717) is 19.7 Å². The third kappa shape index (κ3) is 2.82. The van der Waals surface area contributed by atoms with Gasteiger partial charge in [-0.1, -0.05) is 30.3 Å². The number of hydrogen-bond donors (Lipinski definition) is 1. The molecular weight excluding hydrogens is 254 g/mol. The molecule has 1 aromatic carbocycles. The van der Waals surface area contributed by atoms with Crippen molar-refractivity contribution < 1.29 is 9.53 Å². The van der Waals surface area contributed by atoms with Crippen LogP contribution in [-0.2, 0) is 24.3 Å². The second-order valence-corrected chi connectivity index (χ2v) is 4.89. The molecule has 104 valence electrons. The zero-order valence-corrected chi connectivity index (χ0v) is 11.2. The maximum Gasteiger partial charge on any atom is 0.410 e. The Kier molecular flexibility index (Phi) is 3.67. The SMILES string of the molecule is O=C(OCc1ccccc1)N1CCCc2nc[nH]c2C1. The summed E-state index contributed by atoms with van der Waals surface area (Å²) in [7, 11) is 0. The molecule has 1 aliphatic rings. The average Bonchev–Trinajstić information content (AvgIpc) is 2.83. The molecule has 5 nitrogen and oxygen atoms in total. The van der Waals surface area contributed by atoms with Crippen LogP contribution in [0.15, 0.2) is 36.7 Å². The van der Waals surface area contributed by atoms with Gasteiger partial charge in [-0.05, 0) is 18.4 Å². The molecule has 1 N–H and O–H groups in total. The Hall–Kier alpha value is -2.30. The van der Waals surface area contributed by atoms with Gasteiger partial charge in [0.05, 0.1) is 24.3 Å². The number of nitrogens with one attached hydrogen (secondary N) is 1. The third-order valence-electron chi connectivity index (χ3n) is 3.46. The monoisotopic (exact) mass is 271 g/mol. The minimum atomic E-state index is -0.267. The van der Waals surface area contributed by atoms with Gasteiger partial charge in [-0.3, -0.25) is 0 Å². The molecule has 0 saturated heterocycles. The van der Waals surface area contributed by atoms with Crippen LogP contribution < -0.4 is 0 Å². The van der Waals surface area contributed by atoms with Gasteiger partial charge >= 0.3 is 6.09 Å². The molecule has 1 aromatic heterocycles. The molecule has 20 heavy (non-hydrogen) atoms. The number of aryl methyl sites for hydroxylation is 1. The van der Waals surface area contributed by atoms with Gasteiger partial charge in [0.2, 0.25) is 0 Å². The normalized spacial score (nSPS) is 14.5. The number of benzene rings is 1. The van der Waals surface area contributed by atoms with Gasteiger partial charge in [-0.2, -0.15) is 0 Å². The van der Waals surface area contributed by atoms with E-state index in [0.717, 1.165) is 29.8 Å².